The number of ether oxygens (including phenoxy) is 3. The third-order valence-electron chi connectivity index (χ3n) is 5.92. The van der Waals surface area contributed by atoms with E-state index >= 15 is 0 Å². The lowest BCUT2D eigenvalue weighted by atomic mass is 10.1. The molecule has 3 aromatic carbocycles. The van der Waals surface area contributed by atoms with E-state index in [1.54, 1.807) is 36.3 Å². The molecular formula is C29H28N2O4. The van der Waals surface area contributed by atoms with Crippen LogP contribution in [0.3, 0.4) is 0 Å². The summed E-state index contributed by atoms with van der Waals surface area (Å²) in [6.45, 7) is 5.33. The van der Waals surface area contributed by atoms with Crippen LogP contribution in [0, 0.1) is 25.2 Å². The Kier molecular flexibility index (Phi) is 7.37. The number of para-hydroxylation sites is 1. The van der Waals surface area contributed by atoms with Crippen molar-refractivity contribution in [2.75, 3.05) is 31.8 Å². The van der Waals surface area contributed by atoms with Crippen LogP contribution in [-0.2, 0) is 11.2 Å². The lowest BCUT2D eigenvalue weighted by Gasteiger charge is -2.17. The van der Waals surface area contributed by atoms with Crippen LogP contribution in [0.15, 0.2) is 66.2 Å². The second-order valence-corrected chi connectivity index (χ2v) is 8.38. The van der Waals surface area contributed by atoms with Gasteiger partial charge in [0.1, 0.15) is 30.6 Å². The second kappa shape index (κ2) is 10.8. The number of anilines is 1. The molecule has 0 aromatic heterocycles. The van der Waals surface area contributed by atoms with Gasteiger partial charge in [0, 0.05) is 12.2 Å². The number of carbonyl (C=O) groups is 1. The maximum Gasteiger partial charge on any atom is 0.268 e. The third-order valence-corrected chi connectivity index (χ3v) is 5.92. The molecule has 1 aliphatic rings. The Morgan fingerprint density at radius 2 is 1.77 bits per heavy atom. The molecule has 0 atom stereocenters. The molecule has 1 heterocycles. The van der Waals surface area contributed by atoms with Crippen LogP contribution >= 0.6 is 0 Å². The molecule has 1 aliphatic heterocycles. The maximum absolute atomic E-state index is 13.1. The van der Waals surface area contributed by atoms with Crippen molar-refractivity contribution in [1.82, 2.24) is 0 Å². The van der Waals surface area contributed by atoms with Gasteiger partial charge in [-0.3, -0.25) is 4.79 Å². The summed E-state index contributed by atoms with van der Waals surface area (Å²) in [7, 11) is 1.56. The SMILES string of the molecule is COc1cc(/C=C(\C#N)C(=O)N2CCc3ccccc32)ccc1OCCOc1cc(C)ccc1C. The molecule has 0 saturated heterocycles. The number of nitrogens with zero attached hydrogens (tertiary/aromatic N) is 2. The Morgan fingerprint density at radius 3 is 2.54 bits per heavy atom. The summed E-state index contributed by atoms with van der Waals surface area (Å²) in [5, 5.41) is 9.69. The number of carbonyl (C=O) groups excluding carboxylic acids is 1. The number of rotatable bonds is 8. The molecule has 178 valence electrons. The number of methoxy groups -OCH3 is 1. The summed E-state index contributed by atoms with van der Waals surface area (Å²) in [4.78, 5) is 14.7. The maximum atomic E-state index is 13.1. The molecule has 6 nitrogen and oxygen atoms in total. The number of hydrogen-bond acceptors (Lipinski definition) is 5. The number of fused-ring (bicyclic) bond motifs is 1. The van der Waals surface area contributed by atoms with Crippen molar-refractivity contribution >= 4 is 17.7 Å². The highest BCUT2D eigenvalue weighted by molar-refractivity contribution is 6.12. The summed E-state index contributed by atoms with van der Waals surface area (Å²) in [6.07, 6.45) is 2.37. The normalized spacial score (nSPS) is 12.6. The predicted molar refractivity (Wildman–Crippen MR) is 136 cm³/mol. The van der Waals surface area contributed by atoms with Crippen LogP contribution in [0.5, 0.6) is 17.2 Å². The number of benzene rings is 3. The van der Waals surface area contributed by atoms with Gasteiger partial charge in [-0.05, 0) is 72.9 Å². The number of amides is 1. The quantitative estimate of drug-likeness (QED) is 0.256. The van der Waals surface area contributed by atoms with E-state index in [4.69, 9.17) is 14.2 Å². The highest BCUT2D eigenvalue weighted by Crippen LogP contribution is 2.31. The van der Waals surface area contributed by atoms with E-state index < -0.39 is 0 Å². The Hall–Kier alpha value is -4.24. The third kappa shape index (κ3) is 5.47. The van der Waals surface area contributed by atoms with E-state index in [0.717, 1.165) is 34.5 Å². The molecule has 0 fully saturated rings. The first-order valence-electron chi connectivity index (χ1n) is 11.5. The van der Waals surface area contributed by atoms with Crippen molar-refractivity contribution < 1.29 is 19.0 Å². The van der Waals surface area contributed by atoms with Crippen LogP contribution in [0.25, 0.3) is 6.08 Å². The number of hydrogen-bond donors (Lipinski definition) is 0. The average molecular weight is 469 g/mol. The zero-order valence-corrected chi connectivity index (χ0v) is 20.2. The van der Waals surface area contributed by atoms with E-state index in [1.807, 2.05) is 50.2 Å². The number of aryl methyl sites for hydroxylation is 2. The van der Waals surface area contributed by atoms with Gasteiger partial charge in [-0.1, -0.05) is 36.4 Å². The average Bonchev–Trinajstić information content (AvgIpc) is 3.31. The van der Waals surface area contributed by atoms with Crippen LogP contribution in [0.2, 0.25) is 0 Å². The van der Waals surface area contributed by atoms with E-state index in [1.165, 1.54) is 0 Å². The van der Waals surface area contributed by atoms with Crippen molar-refractivity contribution in [2.45, 2.75) is 20.3 Å². The first-order chi connectivity index (χ1) is 17.0. The van der Waals surface area contributed by atoms with Crippen molar-refractivity contribution in [3.63, 3.8) is 0 Å². The van der Waals surface area contributed by atoms with Gasteiger partial charge in [0.25, 0.3) is 5.91 Å². The summed E-state index contributed by atoms with van der Waals surface area (Å²) in [5.74, 6) is 1.62. The summed E-state index contributed by atoms with van der Waals surface area (Å²) >= 11 is 0. The molecule has 1 amide bonds. The van der Waals surface area contributed by atoms with Crippen molar-refractivity contribution in [3.05, 3.63) is 88.5 Å². The topological polar surface area (TPSA) is 71.8 Å². The lowest BCUT2D eigenvalue weighted by molar-refractivity contribution is -0.114. The fourth-order valence-corrected chi connectivity index (χ4v) is 4.06. The molecule has 0 N–H and O–H groups in total. The Labute approximate surface area is 206 Å². The smallest absolute Gasteiger partial charge is 0.268 e. The molecule has 35 heavy (non-hydrogen) atoms. The van der Waals surface area contributed by atoms with E-state index in [9.17, 15) is 10.1 Å². The van der Waals surface area contributed by atoms with E-state index in [-0.39, 0.29) is 11.5 Å². The molecule has 0 unspecified atom stereocenters. The molecule has 0 radical (unpaired) electrons. The fraction of sp³-hybridized carbons (Fsp3) is 0.241. The second-order valence-electron chi connectivity index (χ2n) is 8.38. The summed E-state index contributed by atoms with van der Waals surface area (Å²) in [5.41, 5.74) is 4.94. The minimum atomic E-state index is -0.305. The van der Waals surface area contributed by atoms with Crippen molar-refractivity contribution in [1.29, 1.82) is 5.26 Å². The van der Waals surface area contributed by atoms with Crippen molar-refractivity contribution in [3.8, 4) is 23.3 Å². The van der Waals surface area contributed by atoms with Gasteiger partial charge in [0.05, 0.1) is 7.11 Å². The molecule has 3 aromatic rings. The molecule has 6 heteroatoms. The zero-order valence-electron chi connectivity index (χ0n) is 20.2. The van der Waals surface area contributed by atoms with E-state index in [0.29, 0.717) is 36.8 Å². The summed E-state index contributed by atoms with van der Waals surface area (Å²) < 4.78 is 17.2. The Balaban J connectivity index is 1.43. The first kappa shape index (κ1) is 23.9. The number of nitriles is 1. The molecule has 0 spiro atoms. The van der Waals surface area contributed by atoms with Gasteiger partial charge in [-0.2, -0.15) is 5.26 Å². The van der Waals surface area contributed by atoms with E-state index in [2.05, 4.69) is 12.1 Å². The fourth-order valence-electron chi connectivity index (χ4n) is 4.06. The van der Waals surface area contributed by atoms with Gasteiger partial charge in [0.2, 0.25) is 0 Å². The van der Waals surface area contributed by atoms with Gasteiger partial charge in [-0.25, -0.2) is 0 Å². The molecule has 0 aliphatic carbocycles. The standard InChI is InChI=1S/C29H28N2O4/c1-20-8-9-21(2)27(16-20)35-15-14-34-26-11-10-22(18-28(26)33-3)17-24(19-30)29(32)31-13-12-23-6-4-5-7-25(23)31/h4-11,16-18H,12-15H2,1-3H3/b24-17+. The highest BCUT2D eigenvalue weighted by atomic mass is 16.5. The van der Waals surface area contributed by atoms with Gasteiger partial charge < -0.3 is 19.1 Å². The highest BCUT2D eigenvalue weighted by Gasteiger charge is 2.26. The van der Waals surface area contributed by atoms with Gasteiger partial charge >= 0.3 is 0 Å². The van der Waals surface area contributed by atoms with Crippen LogP contribution in [0.4, 0.5) is 5.69 Å². The monoisotopic (exact) mass is 468 g/mol. The van der Waals surface area contributed by atoms with Gasteiger partial charge in [0.15, 0.2) is 11.5 Å². The largest absolute Gasteiger partial charge is 0.493 e. The first-order valence-corrected chi connectivity index (χ1v) is 11.5. The van der Waals surface area contributed by atoms with Crippen LogP contribution in [-0.4, -0.2) is 32.8 Å². The molecular weight excluding hydrogens is 440 g/mol. The van der Waals surface area contributed by atoms with Gasteiger partial charge in [-0.15, -0.1) is 0 Å². The molecule has 4 rings (SSSR count). The molecule has 0 bridgehead atoms. The van der Waals surface area contributed by atoms with Crippen molar-refractivity contribution in [2.24, 2.45) is 0 Å². The minimum Gasteiger partial charge on any atom is -0.493 e. The van der Waals surface area contributed by atoms with Crippen LogP contribution < -0.4 is 19.1 Å². The zero-order chi connectivity index (χ0) is 24.8. The summed E-state index contributed by atoms with van der Waals surface area (Å²) in [6, 6.07) is 21.2. The minimum absolute atomic E-state index is 0.0688. The molecule has 0 saturated carbocycles. The Morgan fingerprint density at radius 1 is 1.00 bits per heavy atom. The Bertz CT molecular complexity index is 1310. The lowest BCUT2D eigenvalue weighted by Crippen LogP contribution is -2.29. The predicted octanol–water partition coefficient (Wildman–Crippen LogP) is 5.27. The van der Waals surface area contributed by atoms with Crippen LogP contribution in [0.1, 0.15) is 22.3 Å².